The Kier molecular flexibility index (Phi) is 4.04. The van der Waals surface area contributed by atoms with Crippen molar-refractivity contribution in [2.75, 3.05) is 7.11 Å². The molecule has 1 aliphatic heterocycles. The summed E-state index contributed by atoms with van der Waals surface area (Å²) >= 11 is 0. The topological polar surface area (TPSA) is 69.4 Å². The highest BCUT2D eigenvalue weighted by Crippen LogP contribution is 2.38. The van der Waals surface area contributed by atoms with Crippen LogP contribution in [-0.4, -0.2) is 33.6 Å². The van der Waals surface area contributed by atoms with Gasteiger partial charge in [0.1, 0.15) is 24.1 Å². The van der Waals surface area contributed by atoms with E-state index in [1.807, 2.05) is 30.3 Å². The van der Waals surface area contributed by atoms with Gasteiger partial charge in [-0.3, -0.25) is 4.79 Å². The summed E-state index contributed by atoms with van der Waals surface area (Å²) in [5.74, 6) is -1.48. The molecule has 2 aromatic carbocycles. The number of nitrogens with zero attached hydrogens (tertiary/aromatic N) is 4. The van der Waals surface area contributed by atoms with E-state index < -0.39 is 23.7 Å². The van der Waals surface area contributed by atoms with Gasteiger partial charge >= 0.3 is 5.97 Å². The molecule has 1 aromatic heterocycles. The van der Waals surface area contributed by atoms with Gasteiger partial charge in [0, 0.05) is 5.56 Å². The molecular formula is C19H15FN4O2. The molecule has 4 rings (SSSR count). The number of esters is 1. The second-order valence-electron chi connectivity index (χ2n) is 5.83. The molecule has 0 N–H and O–H groups in total. The maximum atomic E-state index is 14.6. The van der Waals surface area contributed by atoms with Crippen molar-refractivity contribution in [2.24, 2.45) is 10.9 Å². The van der Waals surface area contributed by atoms with Crippen LogP contribution in [0.25, 0.3) is 0 Å². The number of methoxy groups -OCH3 is 1. The summed E-state index contributed by atoms with van der Waals surface area (Å²) < 4.78 is 21.1. The van der Waals surface area contributed by atoms with Crippen molar-refractivity contribution >= 4 is 17.6 Å². The summed E-state index contributed by atoms with van der Waals surface area (Å²) in [6, 6.07) is 14.8. The van der Waals surface area contributed by atoms with Gasteiger partial charge in [0.2, 0.25) is 5.95 Å². The van der Waals surface area contributed by atoms with E-state index in [0.717, 1.165) is 5.56 Å². The maximum Gasteiger partial charge on any atom is 0.317 e. The van der Waals surface area contributed by atoms with Crippen LogP contribution >= 0.6 is 0 Å². The van der Waals surface area contributed by atoms with Crippen LogP contribution in [0.2, 0.25) is 0 Å². The van der Waals surface area contributed by atoms with Gasteiger partial charge in [-0.2, -0.15) is 10.1 Å². The molecule has 0 fully saturated rings. The molecule has 1 aliphatic rings. The number of benzene rings is 2. The standard InChI is InChI=1S/C19H15FN4O2/c1-26-18(25)15-16(12-7-3-2-4-8-12)23-19-21-11-22-24(19)17(15)13-9-5-6-10-14(13)20/h2-11,15,17H,1H3. The Morgan fingerprint density at radius 2 is 1.85 bits per heavy atom. The van der Waals surface area contributed by atoms with E-state index >= 15 is 0 Å². The van der Waals surface area contributed by atoms with Crippen molar-refractivity contribution in [1.29, 1.82) is 0 Å². The van der Waals surface area contributed by atoms with E-state index in [1.165, 1.54) is 24.2 Å². The smallest absolute Gasteiger partial charge is 0.317 e. The molecule has 6 nitrogen and oxygen atoms in total. The van der Waals surface area contributed by atoms with Gasteiger partial charge in [0.15, 0.2) is 0 Å². The third-order valence-electron chi connectivity index (χ3n) is 4.40. The van der Waals surface area contributed by atoms with Crippen LogP contribution in [0.1, 0.15) is 17.2 Å². The van der Waals surface area contributed by atoms with Crippen molar-refractivity contribution in [3.8, 4) is 0 Å². The lowest BCUT2D eigenvalue weighted by atomic mass is 9.84. The minimum Gasteiger partial charge on any atom is -0.468 e. The summed E-state index contributed by atoms with van der Waals surface area (Å²) in [6.07, 6.45) is 1.34. The van der Waals surface area contributed by atoms with Crippen LogP contribution < -0.4 is 0 Å². The fourth-order valence-corrected chi connectivity index (χ4v) is 3.24. The number of hydrogen-bond donors (Lipinski definition) is 0. The van der Waals surface area contributed by atoms with Gasteiger partial charge in [-0.05, 0) is 11.6 Å². The number of fused-ring (bicyclic) bond motifs is 1. The molecule has 130 valence electrons. The zero-order chi connectivity index (χ0) is 18.1. The molecule has 0 amide bonds. The zero-order valence-corrected chi connectivity index (χ0v) is 13.9. The highest BCUT2D eigenvalue weighted by Gasteiger charge is 2.42. The van der Waals surface area contributed by atoms with Crippen molar-refractivity contribution in [3.63, 3.8) is 0 Å². The van der Waals surface area contributed by atoms with E-state index in [1.54, 1.807) is 18.2 Å². The highest BCUT2D eigenvalue weighted by molar-refractivity contribution is 6.13. The molecule has 2 unspecified atom stereocenters. The second kappa shape index (κ2) is 6.51. The Morgan fingerprint density at radius 3 is 2.58 bits per heavy atom. The Labute approximate surface area is 149 Å². The molecule has 3 aromatic rings. The van der Waals surface area contributed by atoms with Crippen LogP contribution in [-0.2, 0) is 9.53 Å². The minimum atomic E-state index is -0.853. The summed E-state index contributed by atoms with van der Waals surface area (Å²) in [5, 5.41) is 4.17. The first-order valence-corrected chi connectivity index (χ1v) is 8.06. The van der Waals surface area contributed by atoms with Crippen molar-refractivity contribution in [2.45, 2.75) is 6.04 Å². The predicted octanol–water partition coefficient (Wildman–Crippen LogP) is 2.93. The fraction of sp³-hybridized carbons (Fsp3) is 0.158. The monoisotopic (exact) mass is 350 g/mol. The number of ether oxygens (including phenoxy) is 1. The minimum absolute atomic E-state index is 0.317. The molecule has 0 saturated heterocycles. The molecule has 2 heterocycles. The number of aliphatic imine (C=N–C) groups is 1. The summed E-state index contributed by atoms with van der Waals surface area (Å²) in [7, 11) is 1.31. The average Bonchev–Trinajstić information content (AvgIpc) is 3.15. The van der Waals surface area contributed by atoms with Gasteiger partial charge in [-0.25, -0.2) is 14.1 Å². The lowest BCUT2D eigenvalue weighted by Crippen LogP contribution is -2.38. The quantitative estimate of drug-likeness (QED) is 0.681. The van der Waals surface area contributed by atoms with Crippen LogP contribution in [0.4, 0.5) is 10.3 Å². The van der Waals surface area contributed by atoms with E-state index in [4.69, 9.17) is 4.74 Å². The average molecular weight is 350 g/mol. The number of aromatic nitrogens is 3. The molecule has 0 saturated carbocycles. The zero-order valence-electron chi connectivity index (χ0n) is 13.9. The van der Waals surface area contributed by atoms with Gasteiger partial charge in [0.05, 0.1) is 12.8 Å². The first-order chi connectivity index (χ1) is 12.7. The first kappa shape index (κ1) is 16.1. The number of hydrogen-bond acceptors (Lipinski definition) is 5. The number of halogens is 1. The third-order valence-corrected chi connectivity index (χ3v) is 4.40. The number of carbonyl (C=O) groups excluding carboxylic acids is 1. The summed E-state index contributed by atoms with van der Waals surface area (Å²) in [6.45, 7) is 0. The molecule has 26 heavy (non-hydrogen) atoms. The van der Waals surface area contributed by atoms with Crippen molar-refractivity contribution in [3.05, 3.63) is 77.9 Å². The van der Waals surface area contributed by atoms with Crippen LogP contribution in [0.3, 0.4) is 0 Å². The van der Waals surface area contributed by atoms with E-state index in [-0.39, 0.29) is 0 Å². The first-order valence-electron chi connectivity index (χ1n) is 8.06. The number of carbonyl (C=O) groups is 1. The molecular weight excluding hydrogens is 335 g/mol. The largest absolute Gasteiger partial charge is 0.468 e. The van der Waals surface area contributed by atoms with Crippen molar-refractivity contribution in [1.82, 2.24) is 14.8 Å². The van der Waals surface area contributed by atoms with Crippen molar-refractivity contribution < 1.29 is 13.9 Å². The molecule has 0 spiro atoms. The Morgan fingerprint density at radius 1 is 1.12 bits per heavy atom. The van der Waals surface area contributed by atoms with Gasteiger partial charge < -0.3 is 4.74 Å². The van der Waals surface area contributed by atoms with E-state index in [0.29, 0.717) is 17.2 Å². The van der Waals surface area contributed by atoms with E-state index in [9.17, 15) is 9.18 Å². The molecule has 0 radical (unpaired) electrons. The SMILES string of the molecule is COC(=O)C1C(c2ccccc2)=Nc2ncnn2C1c1ccccc1F. The highest BCUT2D eigenvalue weighted by atomic mass is 19.1. The van der Waals surface area contributed by atoms with Gasteiger partial charge in [-0.15, -0.1) is 0 Å². The number of rotatable bonds is 3. The molecule has 2 atom stereocenters. The molecule has 0 aliphatic carbocycles. The van der Waals surface area contributed by atoms with Gasteiger partial charge in [-0.1, -0.05) is 48.5 Å². The summed E-state index contributed by atoms with van der Waals surface area (Å²) in [4.78, 5) is 21.4. The Bertz CT molecular complexity index is 984. The lowest BCUT2D eigenvalue weighted by molar-refractivity contribution is -0.144. The summed E-state index contributed by atoms with van der Waals surface area (Å²) in [5.41, 5.74) is 1.56. The normalized spacial score (nSPS) is 18.8. The second-order valence-corrected chi connectivity index (χ2v) is 5.83. The lowest BCUT2D eigenvalue weighted by Gasteiger charge is -2.30. The maximum absolute atomic E-state index is 14.6. The molecule has 7 heteroatoms. The van der Waals surface area contributed by atoms with E-state index in [2.05, 4.69) is 15.1 Å². The van der Waals surface area contributed by atoms with Gasteiger partial charge in [0.25, 0.3) is 0 Å². The third kappa shape index (κ3) is 2.57. The fourth-order valence-electron chi connectivity index (χ4n) is 3.24. The predicted molar refractivity (Wildman–Crippen MR) is 92.7 cm³/mol. The van der Waals surface area contributed by atoms with Crippen LogP contribution in [0.5, 0.6) is 0 Å². The molecule has 0 bridgehead atoms. The Balaban J connectivity index is 1.96. The van der Waals surface area contributed by atoms with Crippen LogP contribution in [0.15, 0.2) is 65.9 Å². The van der Waals surface area contributed by atoms with Crippen LogP contribution in [0, 0.1) is 11.7 Å². The Hall–Kier alpha value is -3.35.